The van der Waals surface area contributed by atoms with E-state index < -0.39 is 0 Å². The number of benzene rings is 2. The molecule has 0 fully saturated rings. The van der Waals surface area contributed by atoms with Crippen molar-refractivity contribution in [1.82, 2.24) is 10.6 Å². The van der Waals surface area contributed by atoms with Crippen LogP contribution in [0, 0.1) is 19.7 Å². The van der Waals surface area contributed by atoms with Gasteiger partial charge in [-0.05, 0) is 67.7 Å². The molecule has 0 aliphatic rings. The van der Waals surface area contributed by atoms with Gasteiger partial charge in [0.05, 0.1) is 0 Å². The fourth-order valence-electron chi connectivity index (χ4n) is 2.47. The molecule has 0 saturated heterocycles. The lowest BCUT2D eigenvalue weighted by atomic mass is 10.0. The van der Waals surface area contributed by atoms with Gasteiger partial charge in [-0.15, -0.1) is 0 Å². The van der Waals surface area contributed by atoms with Crippen molar-refractivity contribution in [3.05, 3.63) is 70.5 Å². The highest BCUT2D eigenvalue weighted by atomic mass is 32.1. The van der Waals surface area contributed by atoms with Crippen molar-refractivity contribution in [2.75, 3.05) is 13.1 Å². The summed E-state index contributed by atoms with van der Waals surface area (Å²) in [5, 5.41) is 7.07. The zero-order valence-electron chi connectivity index (χ0n) is 13.7. The first kappa shape index (κ1) is 17.4. The summed E-state index contributed by atoms with van der Waals surface area (Å²) in [5.74, 6) is -0.203. The van der Waals surface area contributed by atoms with Crippen molar-refractivity contribution in [1.29, 1.82) is 0 Å². The third-order valence-electron chi connectivity index (χ3n) is 3.79. The minimum atomic E-state index is -0.203. The van der Waals surface area contributed by atoms with Gasteiger partial charge in [0.25, 0.3) is 0 Å². The van der Waals surface area contributed by atoms with Gasteiger partial charge in [0.2, 0.25) is 0 Å². The molecule has 0 saturated carbocycles. The van der Waals surface area contributed by atoms with Crippen LogP contribution in [0.2, 0.25) is 0 Å². The van der Waals surface area contributed by atoms with Gasteiger partial charge in [-0.1, -0.05) is 35.9 Å². The van der Waals surface area contributed by atoms with Crippen LogP contribution >= 0.6 is 12.2 Å². The minimum Gasteiger partial charge on any atom is -0.362 e. The molecule has 0 unspecified atom stereocenters. The van der Waals surface area contributed by atoms with Gasteiger partial charge in [-0.25, -0.2) is 4.39 Å². The summed E-state index contributed by atoms with van der Waals surface area (Å²) in [6, 6.07) is 13.1. The van der Waals surface area contributed by atoms with Crippen molar-refractivity contribution >= 4 is 17.3 Å². The quantitative estimate of drug-likeness (QED) is 0.790. The van der Waals surface area contributed by atoms with Crippen LogP contribution in [0.25, 0.3) is 0 Å². The van der Waals surface area contributed by atoms with Gasteiger partial charge in [0.1, 0.15) is 5.82 Å². The van der Waals surface area contributed by atoms with Gasteiger partial charge in [-0.3, -0.25) is 0 Å². The van der Waals surface area contributed by atoms with Crippen LogP contribution in [0.1, 0.15) is 22.3 Å². The van der Waals surface area contributed by atoms with Gasteiger partial charge in [-0.2, -0.15) is 0 Å². The Labute approximate surface area is 143 Å². The molecule has 2 aromatic carbocycles. The van der Waals surface area contributed by atoms with Crippen LogP contribution in [-0.2, 0) is 12.8 Å². The smallest absolute Gasteiger partial charge is 0.166 e. The van der Waals surface area contributed by atoms with Crippen LogP contribution in [0.4, 0.5) is 4.39 Å². The Balaban J connectivity index is 1.66. The fraction of sp³-hybridized carbons (Fsp3) is 0.316. The maximum absolute atomic E-state index is 12.8. The van der Waals surface area contributed by atoms with E-state index in [0.717, 1.165) is 31.5 Å². The lowest BCUT2D eigenvalue weighted by Crippen LogP contribution is -2.37. The van der Waals surface area contributed by atoms with E-state index in [0.29, 0.717) is 5.11 Å². The molecule has 0 aliphatic heterocycles. The average molecular weight is 330 g/mol. The predicted octanol–water partition coefficient (Wildman–Crippen LogP) is 3.69. The standard InChI is InChI=1S/C19H23FN2S/c1-14-3-6-17(15(2)13-14)10-12-22-19(23)21-11-9-16-4-7-18(20)8-5-16/h3-8,13H,9-12H2,1-2H3,(H2,21,22,23). The van der Waals surface area contributed by atoms with Crippen molar-refractivity contribution in [3.8, 4) is 0 Å². The topological polar surface area (TPSA) is 24.1 Å². The molecule has 2 nitrogen and oxygen atoms in total. The third-order valence-corrected chi connectivity index (χ3v) is 4.08. The second-order valence-corrected chi connectivity index (χ2v) is 6.15. The van der Waals surface area contributed by atoms with Crippen LogP contribution < -0.4 is 10.6 Å². The molecule has 4 heteroatoms. The minimum absolute atomic E-state index is 0.203. The van der Waals surface area contributed by atoms with Gasteiger partial charge in [0.15, 0.2) is 5.11 Å². The van der Waals surface area contributed by atoms with E-state index in [-0.39, 0.29) is 5.82 Å². The molecule has 0 spiro atoms. The lowest BCUT2D eigenvalue weighted by molar-refractivity contribution is 0.627. The van der Waals surface area contributed by atoms with Crippen LogP contribution in [-0.4, -0.2) is 18.2 Å². The third kappa shape index (κ3) is 5.99. The average Bonchev–Trinajstić information content (AvgIpc) is 2.51. The molecule has 0 bridgehead atoms. The monoisotopic (exact) mass is 330 g/mol. The van der Waals surface area contributed by atoms with Gasteiger partial charge < -0.3 is 10.6 Å². The molecular weight excluding hydrogens is 307 g/mol. The summed E-state index contributed by atoms with van der Waals surface area (Å²) in [4.78, 5) is 0. The summed E-state index contributed by atoms with van der Waals surface area (Å²) >= 11 is 5.28. The molecule has 0 heterocycles. The Kier molecular flexibility index (Phi) is 6.53. The molecular formula is C19H23FN2S. The van der Waals surface area contributed by atoms with Crippen LogP contribution in [0.15, 0.2) is 42.5 Å². The highest BCUT2D eigenvalue weighted by molar-refractivity contribution is 7.80. The molecule has 2 rings (SSSR count). The Morgan fingerprint density at radius 1 is 0.957 bits per heavy atom. The fourth-order valence-corrected chi connectivity index (χ4v) is 2.68. The van der Waals surface area contributed by atoms with Crippen molar-refractivity contribution in [2.24, 2.45) is 0 Å². The number of halogens is 1. The van der Waals surface area contributed by atoms with E-state index in [1.165, 1.54) is 28.8 Å². The van der Waals surface area contributed by atoms with Crippen molar-refractivity contribution in [3.63, 3.8) is 0 Å². The van der Waals surface area contributed by atoms with Crippen LogP contribution in [0.5, 0.6) is 0 Å². The lowest BCUT2D eigenvalue weighted by Gasteiger charge is -2.12. The zero-order valence-corrected chi connectivity index (χ0v) is 14.5. The Hall–Kier alpha value is -1.94. The van der Waals surface area contributed by atoms with E-state index in [4.69, 9.17) is 12.2 Å². The maximum atomic E-state index is 12.8. The summed E-state index contributed by atoms with van der Waals surface area (Å²) in [6.45, 7) is 5.80. The number of hydrogen-bond acceptors (Lipinski definition) is 1. The number of hydrogen-bond donors (Lipinski definition) is 2. The van der Waals surface area contributed by atoms with E-state index in [1.54, 1.807) is 12.1 Å². The SMILES string of the molecule is Cc1ccc(CCNC(=S)NCCc2ccc(F)cc2)c(C)c1. The van der Waals surface area contributed by atoms with Gasteiger partial charge >= 0.3 is 0 Å². The zero-order chi connectivity index (χ0) is 16.7. The maximum Gasteiger partial charge on any atom is 0.166 e. The number of thiocarbonyl (C=S) groups is 1. The van der Waals surface area contributed by atoms with Crippen LogP contribution in [0.3, 0.4) is 0 Å². The molecule has 23 heavy (non-hydrogen) atoms. The van der Waals surface area contributed by atoms with E-state index in [9.17, 15) is 4.39 Å². The highest BCUT2D eigenvalue weighted by Crippen LogP contribution is 2.10. The molecule has 0 amide bonds. The molecule has 0 aromatic heterocycles. The van der Waals surface area contributed by atoms with E-state index >= 15 is 0 Å². The Morgan fingerprint density at radius 3 is 2.26 bits per heavy atom. The molecule has 0 atom stereocenters. The van der Waals surface area contributed by atoms with Crippen molar-refractivity contribution < 1.29 is 4.39 Å². The number of nitrogens with one attached hydrogen (secondary N) is 2. The van der Waals surface area contributed by atoms with Crippen molar-refractivity contribution in [2.45, 2.75) is 26.7 Å². The van der Waals surface area contributed by atoms with Gasteiger partial charge in [0, 0.05) is 13.1 Å². The predicted molar refractivity (Wildman–Crippen MR) is 98.3 cm³/mol. The first-order valence-corrected chi connectivity index (χ1v) is 8.27. The summed E-state index contributed by atoms with van der Waals surface area (Å²) in [6.07, 6.45) is 1.77. The van der Waals surface area contributed by atoms with E-state index in [2.05, 4.69) is 42.7 Å². The first-order chi connectivity index (χ1) is 11.0. The second-order valence-electron chi connectivity index (χ2n) is 5.74. The molecule has 2 N–H and O–H groups in total. The first-order valence-electron chi connectivity index (χ1n) is 7.87. The summed E-state index contributed by atoms with van der Waals surface area (Å²) in [5.41, 5.74) is 5.05. The Morgan fingerprint density at radius 2 is 1.61 bits per heavy atom. The largest absolute Gasteiger partial charge is 0.362 e. The summed E-state index contributed by atoms with van der Waals surface area (Å²) in [7, 11) is 0. The molecule has 2 aromatic rings. The molecule has 122 valence electrons. The number of rotatable bonds is 6. The number of aryl methyl sites for hydroxylation is 2. The highest BCUT2D eigenvalue weighted by Gasteiger charge is 2.00. The second kappa shape index (κ2) is 8.63. The Bertz CT molecular complexity index is 653. The van der Waals surface area contributed by atoms with E-state index in [1.807, 2.05) is 0 Å². The summed E-state index contributed by atoms with van der Waals surface area (Å²) < 4.78 is 12.8. The normalized spacial score (nSPS) is 10.4. The molecule has 0 radical (unpaired) electrons. The molecule has 0 aliphatic carbocycles.